The average molecular weight is 385 g/mol. The largest absolute Gasteiger partial charge is 0.379 e. The minimum absolute atomic E-state index is 0.281. The van der Waals surface area contributed by atoms with E-state index >= 15 is 0 Å². The summed E-state index contributed by atoms with van der Waals surface area (Å²) in [7, 11) is -3.71. The van der Waals surface area contributed by atoms with Crippen molar-refractivity contribution in [3.05, 3.63) is 59.9 Å². The third kappa shape index (κ3) is 3.63. The number of hydrogen-bond acceptors (Lipinski definition) is 5. The molecule has 1 aliphatic rings. The quantitative estimate of drug-likeness (QED) is 0.675. The van der Waals surface area contributed by atoms with Crippen molar-refractivity contribution in [3.63, 3.8) is 0 Å². The molecule has 1 fully saturated rings. The molecule has 1 aromatic heterocycles. The normalized spacial score (nSPS) is 16.0. The Kier molecular flexibility index (Phi) is 4.99. The fraction of sp³-hybridized carbons (Fsp3) is 0.350. The molecule has 0 bridgehead atoms. The van der Waals surface area contributed by atoms with Crippen molar-refractivity contribution in [2.24, 2.45) is 0 Å². The molecule has 0 amide bonds. The smallest absolute Gasteiger partial charge is 0.269 e. The SMILES string of the molecule is Cc1ccc(S(=O)(=O)n2c(CCN3CCOCC3)nc3ccccc32)cc1. The first-order valence-electron chi connectivity index (χ1n) is 9.14. The van der Waals surface area contributed by atoms with Gasteiger partial charge in [0, 0.05) is 26.1 Å². The van der Waals surface area contributed by atoms with Crippen LogP contribution >= 0.6 is 0 Å². The molecular formula is C20H23N3O3S. The van der Waals surface area contributed by atoms with Gasteiger partial charge in [-0.15, -0.1) is 0 Å². The molecule has 0 spiro atoms. The number of para-hydroxylation sites is 2. The third-order valence-corrected chi connectivity index (χ3v) is 6.66. The summed E-state index contributed by atoms with van der Waals surface area (Å²) in [6.45, 7) is 5.87. The van der Waals surface area contributed by atoms with Gasteiger partial charge in [0.2, 0.25) is 0 Å². The topological polar surface area (TPSA) is 64.4 Å². The van der Waals surface area contributed by atoms with Gasteiger partial charge in [-0.1, -0.05) is 29.8 Å². The zero-order valence-electron chi connectivity index (χ0n) is 15.3. The van der Waals surface area contributed by atoms with Crippen LogP contribution in [-0.4, -0.2) is 55.1 Å². The van der Waals surface area contributed by atoms with E-state index in [1.165, 1.54) is 3.97 Å². The molecular weight excluding hydrogens is 362 g/mol. The molecule has 1 saturated heterocycles. The molecule has 0 atom stereocenters. The summed E-state index contributed by atoms with van der Waals surface area (Å²) in [6, 6.07) is 14.3. The van der Waals surface area contributed by atoms with Crippen LogP contribution < -0.4 is 0 Å². The van der Waals surface area contributed by atoms with E-state index in [1.807, 2.05) is 43.3 Å². The summed E-state index contributed by atoms with van der Waals surface area (Å²) < 4.78 is 33.6. The van der Waals surface area contributed by atoms with E-state index in [1.54, 1.807) is 12.1 Å². The lowest BCUT2D eigenvalue weighted by Gasteiger charge is -2.26. The van der Waals surface area contributed by atoms with E-state index in [2.05, 4.69) is 9.88 Å². The molecule has 6 nitrogen and oxygen atoms in total. The van der Waals surface area contributed by atoms with Gasteiger partial charge in [0.15, 0.2) is 0 Å². The van der Waals surface area contributed by atoms with E-state index < -0.39 is 10.0 Å². The van der Waals surface area contributed by atoms with Gasteiger partial charge in [-0.2, -0.15) is 0 Å². The van der Waals surface area contributed by atoms with Crippen LogP contribution in [0.3, 0.4) is 0 Å². The molecule has 0 N–H and O–H groups in total. The van der Waals surface area contributed by atoms with Gasteiger partial charge in [-0.3, -0.25) is 4.90 Å². The van der Waals surface area contributed by atoms with Crippen LogP contribution in [0.25, 0.3) is 11.0 Å². The first kappa shape index (κ1) is 18.2. The Hall–Kier alpha value is -2.22. The molecule has 0 saturated carbocycles. The van der Waals surface area contributed by atoms with Gasteiger partial charge in [0.1, 0.15) is 5.82 Å². The highest BCUT2D eigenvalue weighted by molar-refractivity contribution is 7.90. The number of fused-ring (bicyclic) bond motifs is 1. The second kappa shape index (κ2) is 7.42. The van der Waals surface area contributed by atoms with E-state index in [4.69, 9.17) is 4.74 Å². The summed E-state index contributed by atoms with van der Waals surface area (Å²) >= 11 is 0. The lowest BCUT2D eigenvalue weighted by atomic mass is 10.2. The van der Waals surface area contributed by atoms with Crippen LogP contribution in [0, 0.1) is 6.92 Å². The predicted molar refractivity (Wildman–Crippen MR) is 104 cm³/mol. The number of morpholine rings is 1. The minimum atomic E-state index is -3.71. The maximum Gasteiger partial charge on any atom is 0.269 e. The molecule has 27 heavy (non-hydrogen) atoms. The van der Waals surface area contributed by atoms with E-state index in [-0.39, 0.29) is 4.90 Å². The molecule has 2 aromatic carbocycles. The van der Waals surface area contributed by atoms with Gasteiger partial charge in [0.25, 0.3) is 10.0 Å². The summed E-state index contributed by atoms with van der Waals surface area (Å²) in [5, 5.41) is 0. The number of imidazole rings is 1. The first-order valence-corrected chi connectivity index (χ1v) is 10.6. The van der Waals surface area contributed by atoms with Crippen molar-refractivity contribution in [1.29, 1.82) is 0 Å². The predicted octanol–water partition coefficient (Wildman–Crippen LogP) is 2.46. The molecule has 0 unspecified atom stereocenters. The first-order chi connectivity index (χ1) is 13.1. The fourth-order valence-electron chi connectivity index (χ4n) is 3.38. The Balaban J connectivity index is 1.74. The monoisotopic (exact) mass is 385 g/mol. The number of aryl methyl sites for hydroxylation is 1. The molecule has 7 heteroatoms. The number of nitrogens with zero attached hydrogens (tertiary/aromatic N) is 3. The van der Waals surface area contributed by atoms with Gasteiger partial charge in [0.05, 0.1) is 29.1 Å². The van der Waals surface area contributed by atoms with Crippen LogP contribution in [0.4, 0.5) is 0 Å². The highest BCUT2D eigenvalue weighted by Gasteiger charge is 2.24. The minimum Gasteiger partial charge on any atom is -0.379 e. The van der Waals surface area contributed by atoms with Crippen LogP contribution in [0.1, 0.15) is 11.4 Å². The molecule has 3 aromatic rings. The summed E-state index contributed by atoms with van der Waals surface area (Å²) in [5.74, 6) is 0.572. The number of benzene rings is 2. The average Bonchev–Trinajstić information content (AvgIpc) is 3.07. The molecule has 4 rings (SSSR count). The standard InChI is InChI=1S/C20H23N3O3S/c1-16-6-8-17(9-7-16)27(24,25)23-19-5-3-2-4-18(19)21-20(23)10-11-22-12-14-26-15-13-22/h2-9H,10-15H2,1H3. The zero-order valence-corrected chi connectivity index (χ0v) is 16.2. The molecule has 2 heterocycles. The molecule has 142 valence electrons. The van der Waals surface area contributed by atoms with E-state index in [0.717, 1.165) is 38.4 Å². The molecule has 1 aliphatic heterocycles. The maximum absolute atomic E-state index is 13.4. The number of rotatable bonds is 5. The number of aromatic nitrogens is 2. The maximum atomic E-state index is 13.4. The Morgan fingerprint density at radius 1 is 1.04 bits per heavy atom. The van der Waals surface area contributed by atoms with Crippen molar-refractivity contribution in [3.8, 4) is 0 Å². The Labute approximate surface area is 159 Å². The van der Waals surface area contributed by atoms with Crippen molar-refractivity contribution in [2.75, 3.05) is 32.8 Å². The van der Waals surface area contributed by atoms with Gasteiger partial charge in [-0.25, -0.2) is 17.4 Å². The van der Waals surface area contributed by atoms with Crippen LogP contribution in [-0.2, 0) is 21.2 Å². The highest BCUT2D eigenvalue weighted by Crippen LogP contribution is 2.24. The van der Waals surface area contributed by atoms with Crippen molar-refractivity contribution >= 4 is 21.1 Å². The van der Waals surface area contributed by atoms with Crippen LogP contribution in [0.5, 0.6) is 0 Å². The summed E-state index contributed by atoms with van der Waals surface area (Å²) in [5.41, 5.74) is 2.34. The third-order valence-electron chi connectivity index (χ3n) is 4.90. The summed E-state index contributed by atoms with van der Waals surface area (Å²) in [6.07, 6.45) is 0.569. The van der Waals surface area contributed by atoms with Gasteiger partial charge < -0.3 is 4.74 Å². The number of ether oxygens (including phenoxy) is 1. The fourth-order valence-corrected chi connectivity index (χ4v) is 4.89. The van der Waals surface area contributed by atoms with Crippen LogP contribution in [0.15, 0.2) is 53.4 Å². The van der Waals surface area contributed by atoms with Gasteiger partial charge >= 0.3 is 0 Å². The van der Waals surface area contributed by atoms with Crippen LogP contribution in [0.2, 0.25) is 0 Å². The van der Waals surface area contributed by atoms with E-state index in [0.29, 0.717) is 23.3 Å². The second-order valence-corrected chi connectivity index (χ2v) is 8.59. The molecule has 0 radical (unpaired) electrons. The zero-order chi connectivity index (χ0) is 18.9. The molecule has 0 aliphatic carbocycles. The van der Waals surface area contributed by atoms with Gasteiger partial charge in [-0.05, 0) is 31.2 Å². The summed E-state index contributed by atoms with van der Waals surface area (Å²) in [4.78, 5) is 7.20. The second-order valence-electron chi connectivity index (χ2n) is 6.80. The van der Waals surface area contributed by atoms with Crippen molar-refractivity contribution in [2.45, 2.75) is 18.2 Å². The van der Waals surface area contributed by atoms with Crippen molar-refractivity contribution in [1.82, 2.24) is 13.9 Å². The Morgan fingerprint density at radius 2 is 1.74 bits per heavy atom. The Bertz CT molecular complexity index is 1040. The lowest BCUT2D eigenvalue weighted by Crippen LogP contribution is -2.37. The number of hydrogen-bond donors (Lipinski definition) is 0. The highest BCUT2D eigenvalue weighted by atomic mass is 32.2. The van der Waals surface area contributed by atoms with Crippen molar-refractivity contribution < 1.29 is 13.2 Å². The Morgan fingerprint density at radius 3 is 2.48 bits per heavy atom. The van der Waals surface area contributed by atoms with E-state index in [9.17, 15) is 8.42 Å². The lowest BCUT2D eigenvalue weighted by molar-refractivity contribution is 0.0382.